The summed E-state index contributed by atoms with van der Waals surface area (Å²) in [5.41, 5.74) is 0. The molecule has 2 aromatic carbocycles. The highest BCUT2D eigenvalue weighted by molar-refractivity contribution is 7.73. The van der Waals surface area contributed by atoms with Gasteiger partial charge in [-0.1, -0.05) is 49.7 Å². The molecule has 0 aliphatic rings. The van der Waals surface area contributed by atoms with Crippen LogP contribution in [0.15, 0.2) is 48.5 Å². The van der Waals surface area contributed by atoms with E-state index in [4.69, 9.17) is 0 Å². The van der Waals surface area contributed by atoms with Crippen LogP contribution in [0.5, 0.6) is 11.5 Å². The van der Waals surface area contributed by atoms with Crippen LogP contribution in [0, 0.1) is 0 Å². The minimum Gasteiger partial charge on any atom is -0.507 e. The van der Waals surface area contributed by atoms with Crippen LogP contribution in [0.3, 0.4) is 0 Å². The van der Waals surface area contributed by atoms with Crippen molar-refractivity contribution in [1.82, 2.24) is 0 Å². The molecule has 19 heavy (non-hydrogen) atoms. The predicted octanol–water partition coefficient (Wildman–Crippen LogP) is 3.33. The van der Waals surface area contributed by atoms with E-state index in [-0.39, 0.29) is 0 Å². The van der Waals surface area contributed by atoms with Crippen molar-refractivity contribution >= 4 is 18.5 Å². The molecule has 0 aliphatic heterocycles. The molecule has 0 amide bonds. The molecule has 0 aromatic heterocycles. The van der Waals surface area contributed by atoms with Crippen molar-refractivity contribution in [3.05, 3.63) is 48.5 Å². The zero-order valence-electron chi connectivity index (χ0n) is 11.1. The first-order valence-electron chi connectivity index (χ1n) is 6.57. The normalized spacial score (nSPS) is 10.8. The van der Waals surface area contributed by atoms with Gasteiger partial charge in [-0.25, -0.2) is 0 Å². The van der Waals surface area contributed by atoms with E-state index in [1.165, 1.54) is 0 Å². The van der Waals surface area contributed by atoms with E-state index in [0.717, 1.165) is 29.6 Å². The van der Waals surface area contributed by atoms with Gasteiger partial charge in [0.25, 0.3) is 0 Å². The van der Waals surface area contributed by atoms with Crippen molar-refractivity contribution in [3.63, 3.8) is 0 Å². The van der Waals surface area contributed by atoms with E-state index >= 15 is 0 Å². The lowest BCUT2D eigenvalue weighted by atomic mass is 10.3. The van der Waals surface area contributed by atoms with Crippen molar-refractivity contribution in [1.29, 1.82) is 0 Å². The SMILES string of the molecule is CCCCP(c1ccccc1O)c1ccccc1O. The lowest BCUT2D eigenvalue weighted by Crippen LogP contribution is -2.15. The molecule has 0 fully saturated rings. The molecular weight excluding hydrogens is 255 g/mol. The Morgan fingerprint density at radius 3 is 1.74 bits per heavy atom. The van der Waals surface area contributed by atoms with Crippen LogP contribution >= 0.6 is 7.92 Å². The summed E-state index contributed by atoms with van der Waals surface area (Å²) in [6.07, 6.45) is 3.19. The van der Waals surface area contributed by atoms with E-state index in [2.05, 4.69) is 6.92 Å². The summed E-state index contributed by atoms with van der Waals surface area (Å²) >= 11 is 0. The van der Waals surface area contributed by atoms with Gasteiger partial charge < -0.3 is 10.2 Å². The van der Waals surface area contributed by atoms with E-state index < -0.39 is 7.92 Å². The fourth-order valence-electron chi connectivity index (χ4n) is 2.07. The van der Waals surface area contributed by atoms with Crippen LogP contribution in [-0.4, -0.2) is 16.4 Å². The number of rotatable bonds is 5. The van der Waals surface area contributed by atoms with Crippen molar-refractivity contribution in [2.75, 3.05) is 6.16 Å². The molecule has 2 N–H and O–H groups in total. The minimum absolute atomic E-state index is 0.327. The Bertz CT molecular complexity index is 494. The highest BCUT2D eigenvalue weighted by atomic mass is 31.1. The quantitative estimate of drug-likeness (QED) is 0.821. The first kappa shape index (κ1) is 13.9. The van der Waals surface area contributed by atoms with E-state index in [1.54, 1.807) is 12.1 Å². The lowest BCUT2D eigenvalue weighted by molar-refractivity contribution is 0.479. The van der Waals surface area contributed by atoms with Crippen LogP contribution in [-0.2, 0) is 0 Å². The molecule has 0 aliphatic carbocycles. The van der Waals surface area contributed by atoms with Crippen LogP contribution < -0.4 is 10.6 Å². The van der Waals surface area contributed by atoms with Crippen LogP contribution in [0.1, 0.15) is 19.8 Å². The van der Waals surface area contributed by atoms with E-state index in [9.17, 15) is 10.2 Å². The van der Waals surface area contributed by atoms with Gasteiger partial charge in [-0.3, -0.25) is 0 Å². The summed E-state index contributed by atoms with van der Waals surface area (Å²) in [7, 11) is -0.698. The first-order chi connectivity index (χ1) is 9.24. The average molecular weight is 274 g/mol. The van der Waals surface area contributed by atoms with Gasteiger partial charge in [-0.2, -0.15) is 0 Å². The number of aromatic hydroxyl groups is 2. The van der Waals surface area contributed by atoms with Gasteiger partial charge >= 0.3 is 0 Å². The second kappa shape index (κ2) is 6.58. The average Bonchev–Trinajstić information content (AvgIpc) is 2.42. The monoisotopic (exact) mass is 274 g/mol. The molecule has 2 nitrogen and oxygen atoms in total. The Hall–Kier alpha value is -1.53. The van der Waals surface area contributed by atoms with Gasteiger partial charge in [0, 0.05) is 10.6 Å². The number of hydrogen-bond acceptors (Lipinski definition) is 2. The summed E-state index contributed by atoms with van der Waals surface area (Å²) in [4.78, 5) is 0. The number of hydrogen-bond donors (Lipinski definition) is 2. The maximum Gasteiger partial charge on any atom is 0.123 e. The Morgan fingerprint density at radius 1 is 0.842 bits per heavy atom. The Balaban J connectivity index is 2.42. The molecule has 100 valence electrons. The number of benzene rings is 2. The molecule has 0 spiro atoms. The largest absolute Gasteiger partial charge is 0.507 e. The molecule has 0 bridgehead atoms. The Labute approximate surface area is 115 Å². The van der Waals surface area contributed by atoms with Crippen LogP contribution in [0.2, 0.25) is 0 Å². The molecule has 0 atom stereocenters. The maximum atomic E-state index is 10.1. The fraction of sp³-hybridized carbons (Fsp3) is 0.250. The highest BCUT2D eigenvalue weighted by Gasteiger charge is 2.19. The van der Waals surface area contributed by atoms with Gasteiger partial charge in [0.05, 0.1) is 0 Å². The predicted molar refractivity (Wildman–Crippen MR) is 82.2 cm³/mol. The number of para-hydroxylation sites is 2. The van der Waals surface area contributed by atoms with Crippen LogP contribution in [0.25, 0.3) is 0 Å². The van der Waals surface area contributed by atoms with Crippen molar-refractivity contribution in [2.45, 2.75) is 19.8 Å². The molecule has 0 saturated carbocycles. The summed E-state index contributed by atoms with van der Waals surface area (Å²) in [5, 5.41) is 22.0. The Kier molecular flexibility index (Phi) is 4.81. The molecule has 0 unspecified atom stereocenters. The van der Waals surface area contributed by atoms with Gasteiger partial charge in [0.2, 0.25) is 0 Å². The smallest absolute Gasteiger partial charge is 0.123 e. The molecule has 0 radical (unpaired) electrons. The van der Waals surface area contributed by atoms with Gasteiger partial charge in [-0.05, 0) is 32.6 Å². The third kappa shape index (κ3) is 3.27. The Morgan fingerprint density at radius 2 is 1.32 bits per heavy atom. The maximum absolute atomic E-state index is 10.1. The van der Waals surface area contributed by atoms with Gasteiger partial charge in [0.15, 0.2) is 0 Å². The molecule has 2 rings (SSSR count). The lowest BCUT2D eigenvalue weighted by Gasteiger charge is -2.20. The molecule has 0 heterocycles. The molecule has 0 saturated heterocycles. The summed E-state index contributed by atoms with van der Waals surface area (Å²) in [6, 6.07) is 14.9. The number of phenolic OH excluding ortho intramolecular Hbond substituents is 2. The zero-order valence-corrected chi connectivity index (χ0v) is 12.0. The third-order valence-corrected chi connectivity index (χ3v) is 5.76. The van der Waals surface area contributed by atoms with Crippen molar-refractivity contribution in [2.24, 2.45) is 0 Å². The minimum atomic E-state index is -0.698. The summed E-state index contributed by atoms with van der Waals surface area (Å²) < 4.78 is 0. The number of phenols is 2. The fourth-order valence-corrected chi connectivity index (χ4v) is 4.68. The van der Waals surface area contributed by atoms with Gasteiger partial charge in [0.1, 0.15) is 11.5 Å². The molecular formula is C16H19O2P. The molecule has 3 heteroatoms. The first-order valence-corrected chi connectivity index (χ1v) is 8.10. The molecule has 2 aromatic rings. The number of unbranched alkanes of at least 4 members (excludes halogenated alkanes) is 1. The summed E-state index contributed by atoms with van der Waals surface area (Å²) in [5.74, 6) is 0.654. The van der Waals surface area contributed by atoms with Gasteiger partial charge in [-0.15, -0.1) is 0 Å². The topological polar surface area (TPSA) is 40.5 Å². The van der Waals surface area contributed by atoms with Crippen molar-refractivity contribution in [3.8, 4) is 11.5 Å². The van der Waals surface area contributed by atoms with Crippen molar-refractivity contribution < 1.29 is 10.2 Å². The van der Waals surface area contributed by atoms with E-state index in [1.807, 2.05) is 36.4 Å². The third-order valence-electron chi connectivity index (χ3n) is 3.08. The highest BCUT2D eigenvalue weighted by Crippen LogP contribution is 2.40. The summed E-state index contributed by atoms with van der Waals surface area (Å²) in [6.45, 7) is 2.16. The zero-order chi connectivity index (χ0) is 13.7. The van der Waals surface area contributed by atoms with Crippen LogP contribution in [0.4, 0.5) is 0 Å². The standard InChI is InChI=1S/C16H19O2P/c1-2-3-12-19(15-10-6-4-8-13(15)17)16-11-7-5-9-14(16)18/h4-11,17-18H,2-3,12H2,1H3. The second-order valence-corrected chi connectivity index (χ2v) is 6.75. The van der Waals surface area contributed by atoms with E-state index in [0.29, 0.717) is 11.5 Å². The second-order valence-electron chi connectivity index (χ2n) is 4.48.